The number of carbonyl (C=O) groups is 1. The largest absolute Gasteiger partial charge is 0.495 e. The van der Waals surface area contributed by atoms with Crippen molar-refractivity contribution in [2.75, 3.05) is 12.0 Å². The third-order valence-corrected chi connectivity index (χ3v) is 6.28. The van der Waals surface area contributed by atoms with Crippen molar-refractivity contribution < 1.29 is 13.9 Å². The molecule has 0 aliphatic rings. The van der Waals surface area contributed by atoms with Crippen LogP contribution in [-0.4, -0.2) is 18.0 Å². The summed E-state index contributed by atoms with van der Waals surface area (Å²) >= 11 is 1.40. The molecule has 6 heteroatoms. The minimum atomic E-state index is -0.258. The lowest BCUT2D eigenvalue weighted by Crippen LogP contribution is -2.24. The van der Waals surface area contributed by atoms with Crippen LogP contribution < -0.4 is 9.64 Å². The van der Waals surface area contributed by atoms with Crippen LogP contribution in [-0.2, 0) is 4.79 Å². The van der Waals surface area contributed by atoms with Crippen molar-refractivity contribution in [1.29, 1.82) is 0 Å². The number of hydrogen-bond acceptors (Lipinski definition) is 5. The van der Waals surface area contributed by atoms with E-state index in [4.69, 9.17) is 14.1 Å². The Morgan fingerprint density at radius 3 is 2.34 bits per heavy atom. The monoisotopic (exact) mass is 478 g/mol. The van der Waals surface area contributed by atoms with E-state index in [0.717, 1.165) is 22.4 Å². The number of aromatic nitrogens is 1. The Hall–Kier alpha value is -4.42. The van der Waals surface area contributed by atoms with E-state index >= 15 is 0 Å². The molecule has 0 N–H and O–H groups in total. The van der Waals surface area contributed by atoms with Gasteiger partial charge in [0.1, 0.15) is 11.5 Å². The van der Waals surface area contributed by atoms with Gasteiger partial charge in [-0.3, -0.25) is 4.79 Å². The third kappa shape index (κ3) is 4.93. The maximum absolute atomic E-state index is 13.4. The van der Waals surface area contributed by atoms with Crippen molar-refractivity contribution >= 4 is 34.1 Å². The van der Waals surface area contributed by atoms with E-state index in [0.29, 0.717) is 22.3 Å². The molecule has 0 aliphatic heterocycles. The summed E-state index contributed by atoms with van der Waals surface area (Å²) in [6.45, 7) is 0. The number of furan rings is 1. The first-order chi connectivity index (χ1) is 17.2. The van der Waals surface area contributed by atoms with E-state index in [9.17, 15) is 4.79 Å². The smallest absolute Gasteiger partial charge is 0.257 e. The predicted octanol–water partition coefficient (Wildman–Crippen LogP) is 7.46. The lowest BCUT2D eigenvalue weighted by Gasteiger charge is -2.20. The molecule has 5 aromatic rings. The summed E-state index contributed by atoms with van der Waals surface area (Å²) in [4.78, 5) is 19.7. The summed E-state index contributed by atoms with van der Waals surface area (Å²) in [6.07, 6.45) is 4.68. The van der Waals surface area contributed by atoms with Gasteiger partial charge >= 0.3 is 0 Å². The molecular formula is C29H22N2O3S. The molecule has 1 amide bonds. The molecule has 0 radical (unpaired) electrons. The molecule has 172 valence electrons. The van der Waals surface area contributed by atoms with Gasteiger partial charge in [-0.05, 0) is 41.5 Å². The van der Waals surface area contributed by atoms with Gasteiger partial charge in [0.2, 0.25) is 0 Å². The second-order valence-electron chi connectivity index (χ2n) is 7.65. The minimum Gasteiger partial charge on any atom is -0.495 e. The zero-order valence-electron chi connectivity index (χ0n) is 19.0. The number of para-hydroxylation sites is 2. The van der Waals surface area contributed by atoms with Crippen LogP contribution in [0.1, 0.15) is 5.76 Å². The highest BCUT2D eigenvalue weighted by Crippen LogP contribution is 2.37. The zero-order chi connectivity index (χ0) is 24.0. The highest BCUT2D eigenvalue weighted by Gasteiger charge is 2.23. The second-order valence-corrected chi connectivity index (χ2v) is 8.49. The highest BCUT2D eigenvalue weighted by molar-refractivity contribution is 7.14. The van der Waals surface area contributed by atoms with Gasteiger partial charge in [0.05, 0.1) is 24.8 Å². The number of ether oxygens (including phenoxy) is 1. The fourth-order valence-electron chi connectivity index (χ4n) is 3.71. The fraction of sp³-hybridized carbons (Fsp3) is 0.0345. The topological polar surface area (TPSA) is 55.6 Å². The molecule has 0 saturated carbocycles. The summed E-state index contributed by atoms with van der Waals surface area (Å²) in [5.74, 6) is 0.916. The molecule has 2 aromatic heterocycles. The Labute approximate surface area is 207 Å². The molecule has 3 aromatic carbocycles. The van der Waals surface area contributed by atoms with Gasteiger partial charge in [-0.25, -0.2) is 9.88 Å². The second kappa shape index (κ2) is 10.2. The lowest BCUT2D eigenvalue weighted by molar-refractivity contribution is -0.113. The summed E-state index contributed by atoms with van der Waals surface area (Å²) in [5, 5.41) is 2.50. The Morgan fingerprint density at radius 1 is 0.886 bits per heavy atom. The standard InChI is InChI=1S/C29H22N2O3S/c1-33-27-12-6-5-11-26(27)31(28(32)18-17-24-10-7-19-34-24)29-30-25(20-35-29)23-15-13-22(14-16-23)21-8-3-2-4-9-21/h2-20H,1H3. The molecule has 5 rings (SSSR count). The number of anilines is 2. The van der Waals surface area contributed by atoms with E-state index in [1.807, 2.05) is 60.0 Å². The first kappa shape index (κ1) is 22.4. The van der Waals surface area contributed by atoms with Gasteiger partial charge in [-0.2, -0.15) is 0 Å². The Bertz CT molecular complexity index is 1440. The van der Waals surface area contributed by atoms with Crippen LogP contribution in [0.5, 0.6) is 5.75 Å². The van der Waals surface area contributed by atoms with E-state index in [1.54, 1.807) is 36.5 Å². The minimum absolute atomic E-state index is 0.258. The normalized spacial score (nSPS) is 11.0. The van der Waals surface area contributed by atoms with Crippen molar-refractivity contribution in [3.05, 3.63) is 114 Å². The molecule has 0 aliphatic carbocycles. The number of carbonyl (C=O) groups excluding carboxylic acids is 1. The van der Waals surface area contributed by atoms with Crippen molar-refractivity contribution in [1.82, 2.24) is 4.98 Å². The molecular weight excluding hydrogens is 456 g/mol. The molecule has 0 atom stereocenters. The predicted molar refractivity (Wildman–Crippen MR) is 141 cm³/mol. The number of hydrogen-bond donors (Lipinski definition) is 0. The van der Waals surface area contributed by atoms with E-state index in [2.05, 4.69) is 24.3 Å². The molecule has 0 fully saturated rings. The maximum atomic E-state index is 13.4. The Balaban J connectivity index is 1.48. The van der Waals surface area contributed by atoms with E-state index in [-0.39, 0.29) is 5.91 Å². The van der Waals surface area contributed by atoms with Crippen LogP contribution in [0.2, 0.25) is 0 Å². The molecule has 0 unspecified atom stereocenters. The van der Waals surface area contributed by atoms with Crippen LogP contribution in [0.4, 0.5) is 10.8 Å². The average Bonchev–Trinajstić information content (AvgIpc) is 3.61. The number of benzene rings is 3. The van der Waals surface area contributed by atoms with Crippen molar-refractivity contribution in [3.63, 3.8) is 0 Å². The Kier molecular flexibility index (Phi) is 6.55. The number of methoxy groups -OCH3 is 1. The molecule has 5 nitrogen and oxygen atoms in total. The van der Waals surface area contributed by atoms with Crippen LogP contribution >= 0.6 is 11.3 Å². The Morgan fingerprint density at radius 2 is 1.60 bits per heavy atom. The summed E-state index contributed by atoms with van der Waals surface area (Å²) in [6, 6.07) is 29.5. The fourth-order valence-corrected chi connectivity index (χ4v) is 4.56. The van der Waals surface area contributed by atoms with Gasteiger partial charge in [0, 0.05) is 17.0 Å². The van der Waals surface area contributed by atoms with Gasteiger partial charge < -0.3 is 9.15 Å². The summed E-state index contributed by atoms with van der Waals surface area (Å²) < 4.78 is 10.9. The van der Waals surface area contributed by atoms with E-state index in [1.165, 1.54) is 17.4 Å². The lowest BCUT2D eigenvalue weighted by atomic mass is 10.0. The van der Waals surface area contributed by atoms with Crippen molar-refractivity contribution in [2.45, 2.75) is 0 Å². The third-order valence-electron chi connectivity index (χ3n) is 5.45. The SMILES string of the molecule is COc1ccccc1N(C(=O)C=Cc1ccco1)c1nc(-c2ccc(-c3ccccc3)cc2)cs1. The molecule has 0 spiro atoms. The van der Waals surface area contributed by atoms with Crippen molar-refractivity contribution in [2.24, 2.45) is 0 Å². The van der Waals surface area contributed by atoms with E-state index < -0.39 is 0 Å². The molecule has 35 heavy (non-hydrogen) atoms. The van der Waals surface area contributed by atoms with Crippen LogP contribution in [0.25, 0.3) is 28.5 Å². The van der Waals surface area contributed by atoms with Gasteiger partial charge in [-0.15, -0.1) is 11.3 Å². The van der Waals surface area contributed by atoms with Gasteiger partial charge in [-0.1, -0.05) is 66.7 Å². The first-order valence-corrected chi connectivity index (χ1v) is 11.9. The number of amides is 1. The number of rotatable bonds is 7. The quantitative estimate of drug-likeness (QED) is 0.228. The average molecular weight is 479 g/mol. The van der Waals surface area contributed by atoms with Crippen LogP contribution in [0.15, 0.2) is 113 Å². The van der Waals surface area contributed by atoms with Crippen LogP contribution in [0.3, 0.4) is 0 Å². The highest BCUT2D eigenvalue weighted by atomic mass is 32.1. The molecule has 0 bridgehead atoms. The van der Waals surface area contributed by atoms with Crippen LogP contribution in [0, 0.1) is 0 Å². The summed E-state index contributed by atoms with van der Waals surface area (Å²) in [7, 11) is 1.59. The zero-order valence-corrected chi connectivity index (χ0v) is 19.8. The van der Waals surface area contributed by atoms with Gasteiger partial charge in [0.15, 0.2) is 5.13 Å². The number of nitrogens with zero attached hydrogens (tertiary/aromatic N) is 2. The van der Waals surface area contributed by atoms with Gasteiger partial charge in [0.25, 0.3) is 5.91 Å². The summed E-state index contributed by atoms with van der Waals surface area (Å²) in [5.41, 5.74) is 4.69. The number of thiazole rings is 1. The maximum Gasteiger partial charge on any atom is 0.257 e. The molecule has 0 saturated heterocycles. The molecule has 2 heterocycles. The van der Waals surface area contributed by atoms with Crippen molar-refractivity contribution in [3.8, 4) is 28.1 Å². The first-order valence-electron chi connectivity index (χ1n) is 11.0.